The van der Waals surface area contributed by atoms with E-state index in [9.17, 15) is 0 Å². The minimum absolute atomic E-state index is 0.467. The van der Waals surface area contributed by atoms with Crippen LogP contribution in [0.25, 0.3) is 0 Å². The lowest BCUT2D eigenvalue weighted by Crippen LogP contribution is -2.54. The molecule has 4 rings (SSSR count). The van der Waals surface area contributed by atoms with Crippen molar-refractivity contribution in [1.82, 2.24) is 21.5 Å². The highest BCUT2D eigenvalue weighted by atomic mass is 32.1. The molecule has 0 spiro atoms. The van der Waals surface area contributed by atoms with Crippen LogP contribution in [0.3, 0.4) is 0 Å². The van der Waals surface area contributed by atoms with Crippen LogP contribution in [-0.2, 0) is 0 Å². The van der Waals surface area contributed by atoms with Gasteiger partial charge in [0.2, 0.25) is 0 Å². The number of hydrogen-bond donors (Lipinski definition) is 4. The summed E-state index contributed by atoms with van der Waals surface area (Å²) < 4.78 is 0. The van der Waals surface area contributed by atoms with Gasteiger partial charge >= 0.3 is 0 Å². The van der Waals surface area contributed by atoms with E-state index < -0.39 is 0 Å². The van der Waals surface area contributed by atoms with Crippen molar-refractivity contribution in [2.24, 2.45) is 23.7 Å². The van der Waals surface area contributed by atoms with Crippen LogP contribution in [0.4, 0.5) is 0 Å². The molecule has 0 saturated heterocycles. The minimum atomic E-state index is 0.467. The van der Waals surface area contributed by atoms with Gasteiger partial charge in [-0.2, -0.15) is 0 Å². The first kappa shape index (κ1) is 14.5. The fourth-order valence-corrected chi connectivity index (χ4v) is 4.82. The Labute approximate surface area is 142 Å². The standard InChI is InChI=1S/C16H22N4S2/c21-15(17-13-7-9-1-3-11(13)5-9)19-20-16(22)18-14-8-10-2-4-12(14)6-10/h1-4,9-14H,5-8H2,(H2,17,19,21)(H2,18,20,22)/t9-,10-,11+,12+,13-,14-/m1/s1. The number of fused-ring (bicyclic) bond motifs is 4. The van der Waals surface area contributed by atoms with Gasteiger partial charge in [-0.25, -0.2) is 0 Å². The molecule has 6 atom stereocenters. The SMILES string of the molecule is S=C(NNC(=S)N[C@@H]1C[C@@H]2C=C[C@H]1C2)N[C@@H]1C[C@@H]2C=C[C@H]1C2. The quantitative estimate of drug-likeness (QED) is 0.351. The fraction of sp³-hybridized carbons (Fsp3) is 0.625. The molecule has 0 heterocycles. The highest BCUT2D eigenvalue weighted by molar-refractivity contribution is 7.80. The Morgan fingerprint density at radius 2 is 1.14 bits per heavy atom. The Balaban J connectivity index is 1.18. The largest absolute Gasteiger partial charge is 0.358 e. The topological polar surface area (TPSA) is 48.1 Å². The summed E-state index contributed by atoms with van der Waals surface area (Å²) in [6, 6.07) is 0.933. The van der Waals surface area contributed by atoms with Crippen LogP contribution in [0.15, 0.2) is 24.3 Å². The van der Waals surface area contributed by atoms with E-state index in [0.717, 1.165) is 11.8 Å². The smallest absolute Gasteiger partial charge is 0.185 e. The van der Waals surface area contributed by atoms with Gasteiger partial charge in [-0.3, -0.25) is 10.9 Å². The zero-order valence-electron chi connectivity index (χ0n) is 12.4. The zero-order valence-corrected chi connectivity index (χ0v) is 14.1. The first-order valence-corrected chi connectivity index (χ1v) is 8.98. The highest BCUT2D eigenvalue weighted by Crippen LogP contribution is 2.39. The molecule has 4 aliphatic rings. The number of nitrogens with one attached hydrogen (secondary N) is 4. The van der Waals surface area contributed by atoms with Crippen LogP contribution >= 0.6 is 24.4 Å². The molecular weight excluding hydrogens is 312 g/mol. The zero-order chi connectivity index (χ0) is 15.1. The average molecular weight is 335 g/mol. The Bertz CT molecular complexity index is 496. The van der Waals surface area contributed by atoms with E-state index in [4.69, 9.17) is 24.4 Å². The molecule has 2 saturated carbocycles. The lowest BCUT2D eigenvalue weighted by atomic mass is 10.0. The van der Waals surface area contributed by atoms with E-state index in [0.29, 0.717) is 34.1 Å². The van der Waals surface area contributed by atoms with Crippen LogP contribution in [0.2, 0.25) is 0 Å². The lowest BCUT2D eigenvalue weighted by molar-refractivity contribution is 0.510. The van der Waals surface area contributed by atoms with E-state index in [1.165, 1.54) is 25.7 Å². The summed E-state index contributed by atoms with van der Waals surface area (Å²) in [6.07, 6.45) is 14.2. The number of hydrazine groups is 1. The van der Waals surface area contributed by atoms with Crippen LogP contribution < -0.4 is 21.5 Å². The van der Waals surface area contributed by atoms with Gasteiger partial charge in [0, 0.05) is 12.1 Å². The summed E-state index contributed by atoms with van der Waals surface area (Å²) >= 11 is 10.7. The third-order valence-corrected chi connectivity index (χ3v) is 5.92. The molecule has 0 aromatic heterocycles. The Kier molecular flexibility index (Phi) is 3.82. The number of thiocarbonyl (C=S) groups is 2. The number of allylic oxidation sites excluding steroid dienone is 2. The maximum absolute atomic E-state index is 5.35. The summed E-state index contributed by atoms with van der Waals surface area (Å²) in [5.41, 5.74) is 6.02. The molecule has 0 aliphatic heterocycles. The highest BCUT2D eigenvalue weighted by Gasteiger charge is 2.36. The van der Waals surface area contributed by atoms with Crippen molar-refractivity contribution in [3.8, 4) is 0 Å². The Morgan fingerprint density at radius 1 is 0.682 bits per heavy atom. The van der Waals surface area contributed by atoms with Gasteiger partial charge in [0.15, 0.2) is 10.2 Å². The predicted molar refractivity (Wildman–Crippen MR) is 96.0 cm³/mol. The molecule has 22 heavy (non-hydrogen) atoms. The summed E-state index contributed by atoms with van der Waals surface area (Å²) in [5, 5.41) is 8.04. The maximum Gasteiger partial charge on any atom is 0.185 e. The van der Waals surface area contributed by atoms with Gasteiger partial charge in [0.05, 0.1) is 0 Å². The maximum atomic E-state index is 5.35. The van der Waals surface area contributed by atoms with Gasteiger partial charge < -0.3 is 10.6 Å². The molecule has 118 valence electrons. The van der Waals surface area contributed by atoms with Crippen molar-refractivity contribution in [3.63, 3.8) is 0 Å². The van der Waals surface area contributed by atoms with Gasteiger partial charge in [0.25, 0.3) is 0 Å². The average Bonchev–Trinajstić information content (AvgIpc) is 3.25. The van der Waals surface area contributed by atoms with Crippen molar-refractivity contribution < 1.29 is 0 Å². The van der Waals surface area contributed by atoms with E-state index >= 15 is 0 Å². The van der Waals surface area contributed by atoms with Gasteiger partial charge in [-0.1, -0.05) is 24.3 Å². The molecular formula is C16H22N4S2. The van der Waals surface area contributed by atoms with Gasteiger partial charge in [-0.15, -0.1) is 0 Å². The molecule has 0 aromatic rings. The van der Waals surface area contributed by atoms with E-state index in [1.807, 2.05) is 0 Å². The second-order valence-electron chi connectivity index (χ2n) is 6.97. The molecule has 0 unspecified atom stereocenters. The van der Waals surface area contributed by atoms with E-state index in [2.05, 4.69) is 45.8 Å². The molecule has 0 aromatic carbocycles. The molecule has 4 N–H and O–H groups in total. The first-order valence-electron chi connectivity index (χ1n) is 8.17. The lowest BCUT2D eigenvalue weighted by Gasteiger charge is -2.24. The summed E-state index contributed by atoms with van der Waals surface area (Å²) in [5.74, 6) is 2.75. The molecule has 0 radical (unpaired) electrons. The van der Waals surface area contributed by atoms with Crippen molar-refractivity contribution in [3.05, 3.63) is 24.3 Å². The summed E-state index contributed by atoms with van der Waals surface area (Å²) in [7, 11) is 0. The van der Waals surface area contributed by atoms with E-state index in [1.54, 1.807) is 0 Å². The number of hydrogen-bond acceptors (Lipinski definition) is 2. The van der Waals surface area contributed by atoms with E-state index in [-0.39, 0.29) is 0 Å². The van der Waals surface area contributed by atoms with Crippen LogP contribution in [-0.4, -0.2) is 22.3 Å². The van der Waals surface area contributed by atoms with Crippen LogP contribution in [0.5, 0.6) is 0 Å². The third kappa shape index (κ3) is 2.86. The van der Waals surface area contributed by atoms with Crippen molar-refractivity contribution in [2.45, 2.75) is 37.8 Å². The summed E-state index contributed by atoms with van der Waals surface area (Å²) in [6.45, 7) is 0. The van der Waals surface area contributed by atoms with Gasteiger partial charge in [-0.05, 0) is 73.8 Å². The van der Waals surface area contributed by atoms with Crippen molar-refractivity contribution >= 4 is 34.7 Å². The third-order valence-electron chi connectivity index (χ3n) is 5.48. The van der Waals surface area contributed by atoms with Crippen molar-refractivity contribution in [1.29, 1.82) is 0 Å². The molecule has 6 heteroatoms. The van der Waals surface area contributed by atoms with Crippen LogP contribution in [0, 0.1) is 23.7 Å². The number of rotatable bonds is 2. The fourth-order valence-electron chi connectivity index (χ4n) is 4.42. The Hall–Kier alpha value is -1.14. The molecule has 4 bridgehead atoms. The second-order valence-corrected chi connectivity index (χ2v) is 7.79. The monoisotopic (exact) mass is 334 g/mol. The van der Waals surface area contributed by atoms with Crippen molar-refractivity contribution in [2.75, 3.05) is 0 Å². The molecule has 2 fully saturated rings. The molecule has 4 nitrogen and oxygen atoms in total. The van der Waals surface area contributed by atoms with Crippen LogP contribution in [0.1, 0.15) is 25.7 Å². The first-order chi connectivity index (χ1) is 10.7. The predicted octanol–water partition coefficient (Wildman–Crippen LogP) is 1.76. The minimum Gasteiger partial charge on any atom is -0.358 e. The molecule has 0 amide bonds. The summed E-state index contributed by atoms with van der Waals surface area (Å²) in [4.78, 5) is 0. The molecule has 4 aliphatic carbocycles. The van der Waals surface area contributed by atoms with Gasteiger partial charge in [0.1, 0.15) is 0 Å². The Morgan fingerprint density at radius 3 is 1.45 bits per heavy atom. The second kappa shape index (κ2) is 5.81. The normalized spacial score (nSPS) is 40.0.